The summed E-state index contributed by atoms with van der Waals surface area (Å²) in [6.45, 7) is 4.25. The second-order valence-electron chi connectivity index (χ2n) is 4.86. The highest BCUT2D eigenvalue weighted by Crippen LogP contribution is 2.31. The molecule has 0 saturated carbocycles. The van der Waals surface area contributed by atoms with Crippen molar-refractivity contribution in [3.05, 3.63) is 18.2 Å². The summed E-state index contributed by atoms with van der Waals surface area (Å²) in [6.07, 6.45) is 1.05. The lowest BCUT2D eigenvalue weighted by Gasteiger charge is -2.10. The molecule has 0 saturated heterocycles. The largest absolute Gasteiger partial charge is 0.493 e. The zero-order valence-corrected chi connectivity index (χ0v) is 15.6. The lowest BCUT2D eigenvalue weighted by molar-refractivity contribution is 0.262. The van der Waals surface area contributed by atoms with Gasteiger partial charge < -0.3 is 14.8 Å². The SMILES string of the molecule is CC[C@@H](C)Sc1nnc(NC(=O)Nc2ccc(OC)c(OC)c2)s1. The van der Waals surface area contributed by atoms with E-state index in [2.05, 4.69) is 34.7 Å². The fraction of sp³-hybridized carbons (Fsp3) is 0.400. The Balaban J connectivity index is 1.96. The van der Waals surface area contributed by atoms with Crippen LogP contribution in [0.25, 0.3) is 0 Å². The number of anilines is 2. The van der Waals surface area contributed by atoms with Crippen LogP contribution in [0.2, 0.25) is 0 Å². The van der Waals surface area contributed by atoms with E-state index in [0.29, 0.717) is 27.6 Å². The van der Waals surface area contributed by atoms with Crippen LogP contribution in [0.15, 0.2) is 22.5 Å². The first-order chi connectivity index (χ1) is 11.5. The monoisotopic (exact) mass is 368 g/mol. The smallest absolute Gasteiger partial charge is 0.325 e. The van der Waals surface area contributed by atoms with Crippen molar-refractivity contribution >= 4 is 39.9 Å². The number of hydrogen-bond donors (Lipinski definition) is 2. The normalized spacial score (nSPS) is 11.7. The molecule has 1 atom stereocenters. The molecule has 130 valence electrons. The van der Waals surface area contributed by atoms with Crippen LogP contribution in [0.5, 0.6) is 11.5 Å². The van der Waals surface area contributed by atoms with E-state index in [1.807, 2.05) is 0 Å². The van der Waals surface area contributed by atoms with Crippen LogP contribution in [-0.4, -0.2) is 35.7 Å². The summed E-state index contributed by atoms with van der Waals surface area (Å²) in [5.41, 5.74) is 0.587. The molecule has 1 aromatic carbocycles. The Labute approximate surface area is 149 Å². The second-order valence-corrected chi connectivity index (χ2v) is 7.52. The van der Waals surface area contributed by atoms with Crippen LogP contribution in [0, 0.1) is 0 Å². The standard InChI is InChI=1S/C15H20N4O3S2/c1-5-9(2)23-15-19-18-14(24-15)17-13(20)16-10-6-7-11(21-3)12(8-10)22-4/h6-9H,5H2,1-4H3,(H2,16,17,18,20)/t9-/m1/s1. The first-order valence-electron chi connectivity index (χ1n) is 7.35. The molecular formula is C15H20N4O3S2. The van der Waals surface area contributed by atoms with E-state index in [1.165, 1.54) is 11.3 Å². The van der Waals surface area contributed by atoms with Crippen molar-refractivity contribution in [2.45, 2.75) is 29.9 Å². The molecule has 0 radical (unpaired) electrons. The molecule has 0 aliphatic carbocycles. The van der Waals surface area contributed by atoms with Crippen molar-refractivity contribution < 1.29 is 14.3 Å². The number of aromatic nitrogens is 2. The fourth-order valence-corrected chi connectivity index (χ4v) is 3.73. The van der Waals surface area contributed by atoms with E-state index >= 15 is 0 Å². The van der Waals surface area contributed by atoms with Crippen LogP contribution in [0.3, 0.4) is 0 Å². The van der Waals surface area contributed by atoms with Gasteiger partial charge in [0, 0.05) is 17.0 Å². The van der Waals surface area contributed by atoms with Crippen LogP contribution in [0.4, 0.5) is 15.6 Å². The van der Waals surface area contributed by atoms with E-state index < -0.39 is 6.03 Å². The Morgan fingerprint density at radius 2 is 2.00 bits per heavy atom. The number of carbonyl (C=O) groups is 1. The minimum Gasteiger partial charge on any atom is -0.493 e. The van der Waals surface area contributed by atoms with Crippen LogP contribution < -0.4 is 20.1 Å². The van der Waals surface area contributed by atoms with Crippen LogP contribution in [0.1, 0.15) is 20.3 Å². The first kappa shape index (κ1) is 18.3. The first-order valence-corrected chi connectivity index (χ1v) is 9.05. The van der Waals surface area contributed by atoms with Gasteiger partial charge in [-0.05, 0) is 18.6 Å². The Hall–Kier alpha value is -2.00. The predicted octanol–water partition coefficient (Wildman–Crippen LogP) is 4.09. The number of benzene rings is 1. The molecule has 1 heterocycles. The van der Waals surface area contributed by atoms with Crippen molar-refractivity contribution in [2.75, 3.05) is 24.9 Å². The van der Waals surface area contributed by atoms with Crippen molar-refractivity contribution in [1.29, 1.82) is 0 Å². The third-order valence-electron chi connectivity index (χ3n) is 3.15. The zero-order valence-electron chi connectivity index (χ0n) is 14.0. The topological polar surface area (TPSA) is 85.4 Å². The highest BCUT2D eigenvalue weighted by molar-refractivity contribution is 8.01. The molecule has 2 amide bonds. The van der Waals surface area contributed by atoms with Crippen molar-refractivity contribution in [3.8, 4) is 11.5 Å². The van der Waals surface area contributed by atoms with Crippen molar-refractivity contribution in [2.24, 2.45) is 0 Å². The number of rotatable bonds is 7. The zero-order chi connectivity index (χ0) is 17.5. The van der Waals surface area contributed by atoms with Crippen LogP contribution >= 0.6 is 23.1 Å². The van der Waals surface area contributed by atoms with Gasteiger partial charge in [0.15, 0.2) is 15.8 Å². The van der Waals surface area contributed by atoms with E-state index in [4.69, 9.17) is 9.47 Å². The van der Waals surface area contributed by atoms with Gasteiger partial charge >= 0.3 is 6.03 Å². The lowest BCUT2D eigenvalue weighted by atomic mass is 10.3. The predicted molar refractivity (Wildman–Crippen MR) is 97.7 cm³/mol. The fourth-order valence-electron chi connectivity index (χ4n) is 1.74. The van der Waals surface area contributed by atoms with Gasteiger partial charge in [-0.25, -0.2) is 4.79 Å². The molecule has 2 rings (SSSR count). The van der Waals surface area contributed by atoms with Gasteiger partial charge in [-0.1, -0.05) is 36.9 Å². The Morgan fingerprint density at radius 1 is 1.25 bits per heavy atom. The van der Waals surface area contributed by atoms with Crippen molar-refractivity contribution in [1.82, 2.24) is 10.2 Å². The Morgan fingerprint density at radius 3 is 2.67 bits per heavy atom. The van der Waals surface area contributed by atoms with Gasteiger partial charge in [0.25, 0.3) is 0 Å². The number of nitrogens with one attached hydrogen (secondary N) is 2. The molecule has 24 heavy (non-hydrogen) atoms. The van der Waals surface area contributed by atoms with E-state index in [-0.39, 0.29) is 0 Å². The summed E-state index contributed by atoms with van der Waals surface area (Å²) in [5.74, 6) is 1.14. The highest BCUT2D eigenvalue weighted by atomic mass is 32.2. The minimum atomic E-state index is -0.390. The molecule has 0 aliphatic heterocycles. The Kier molecular flexibility index (Phi) is 6.68. The number of hydrogen-bond acceptors (Lipinski definition) is 7. The maximum Gasteiger partial charge on any atom is 0.325 e. The highest BCUT2D eigenvalue weighted by Gasteiger charge is 2.12. The van der Waals surface area contributed by atoms with E-state index in [9.17, 15) is 4.79 Å². The third-order valence-corrected chi connectivity index (χ3v) is 5.34. The van der Waals surface area contributed by atoms with Gasteiger partial charge in [-0.2, -0.15) is 0 Å². The molecule has 0 aliphatic rings. The molecule has 0 fully saturated rings. The summed E-state index contributed by atoms with van der Waals surface area (Å²) < 4.78 is 11.2. The average Bonchev–Trinajstić information content (AvgIpc) is 3.01. The minimum absolute atomic E-state index is 0.390. The van der Waals surface area contributed by atoms with Gasteiger partial charge in [-0.3, -0.25) is 5.32 Å². The number of ether oxygens (including phenoxy) is 2. The maximum absolute atomic E-state index is 12.1. The Bertz CT molecular complexity index is 693. The van der Waals surface area contributed by atoms with Gasteiger partial charge in [0.2, 0.25) is 5.13 Å². The number of urea groups is 1. The summed E-state index contributed by atoms with van der Waals surface area (Å²) in [5, 5.41) is 14.4. The number of methoxy groups -OCH3 is 2. The summed E-state index contributed by atoms with van der Waals surface area (Å²) in [4.78, 5) is 12.1. The van der Waals surface area contributed by atoms with Gasteiger partial charge in [0.1, 0.15) is 0 Å². The summed E-state index contributed by atoms with van der Waals surface area (Å²) in [6, 6.07) is 4.74. The van der Waals surface area contributed by atoms with E-state index in [1.54, 1.807) is 44.2 Å². The quantitative estimate of drug-likeness (QED) is 0.565. The van der Waals surface area contributed by atoms with Crippen molar-refractivity contribution in [3.63, 3.8) is 0 Å². The molecule has 1 aromatic heterocycles. The number of carbonyl (C=O) groups excluding carboxylic acids is 1. The lowest BCUT2D eigenvalue weighted by Crippen LogP contribution is -2.19. The summed E-state index contributed by atoms with van der Waals surface area (Å²) in [7, 11) is 3.10. The summed E-state index contributed by atoms with van der Waals surface area (Å²) >= 11 is 3.00. The molecule has 2 aromatic rings. The number of nitrogens with zero attached hydrogens (tertiary/aromatic N) is 2. The van der Waals surface area contributed by atoms with Gasteiger partial charge in [-0.15, -0.1) is 10.2 Å². The molecule has 0 spiro atoms. The van der Waals surface area contributed by atoms with Gasteiger partial charge in [0.05, 0.1) is 14.2 Å². The second kappa shape index (κ2) is 8.74. The van der Waals surface area contributed by atoms with Crippen LogP contribution in [-0.2, 0) is 0 Å². The average molecular weight is 368 g/mol. The molecular weight excluding hydrogens is 348 g/mol. The maximum atomic E-state index is 12.1. The molecule has 7 nitrogen and oxygen atoms in total. The molecule has 0 bridgehead atoms. The molecule has 9 heteroatoms. The van der Waals surface area contributed by atoms with E-state index in [0.717, 1.165) is 10.8 Å². The molecule has 2 N–H and O–H groups in total. The third kappa shape index (κ3) is 5.00. The number of thioether (sulfide) groups is 1. The number of amides is 2. The molecule has 0 unspecified atom stereocenters.